The van der Waals surface area contributed by atoms with Crippen molar-refractivity contribution in [1.82, 2.24) is 5.32 Å². The molecule has 0 radical (unpaired) electrons. The lowest BCUT2D eigenvalue weighted by Crippen LogP contribution is -2.48. The van der Waals surface area contributed by atoms with Crippen molar-refractivity contribution < 1.29 is 40.2 Å². The molecule has 1 N–H and O–H groups in total. The van der Waals surface area contributed by atoms with Gasteiger partial charge in [0, 0.05) is 83.7 Å². The number of ether oxygens (including phenoxy) is 4. The summed E-state index contributed by atoms with van der Waals surface area (Å²) < 4.78 is 93.6. The average Bonchev–Trinajstić information content (AvgIpc) is 3.14. The van der Waals surface area contributed by atoms with Crippen LogP contribution in [0.4, 0.5) is 21.5 Å². The number of piperazine rings is 1. The molecule has 2 atom stereocenters. The van der Waals surface area contributed by atoms with Gasteiger partial charge in [0.15, 0.2) is 42.7 Å². The largest absolute Gasteiger partial charge is 0.493 e. The minimum atomic E-state index is -4.06. The van der Waals surface area contributed by atoms with Gasteiger partial charge in [0.1, 0.15) is 5.82 Å². The van der Waals surface area contributed by atoms with Crippen LogP contribution in [-0.4, -0.2) is 84.0 Å². The van der Waals surface area contributed by atoms with Crippen LogP contribution in [0.2, 0.25) is 10.0 Å². The molecule has 0 saturated carbocycles. The predicted molar refractivity (Wildman–Crippen MR) is 215 cm³/mol. The molecule has 298 valence electrons. The van der Waals surface area contributed by atoms with Crippen LogP contribution in [0.1, 0.15) is 37.1 Å². The fourth-order valence-corrected chi connectivity index (χ4v) is 9.05. The van der Waals surface area contributed by atoms with Crippen LogP contribution in [0, 0.1) is 5.82 Å². The Bertz CT molecular complexity index is 2280. The third kappa shape index (κ3) is 8.81. The maximum absolute atomic E-state index is 15.7. The zero-order valence-corrected chi connectivity index (χ0v) is 35.0. The van der Waals surface area contributed by atoms with E-state index in [2.05, 4.69) is 10.2 Å². The summed E-state index contributed by atoms with van der Waals surface area (Å²) in [5.74, 6) is 0.355. The van der Waals surface area contributed by atoms with Crippen molar-refractivity contribution >= 4 is 59.9 Å². The number of nitrogens with one attached hydrogen (secondary N) is 1. The number of anilines is 3. The van der Waals surface area contributed by atoms with Gasteiger partial charge in [0.05, 0.1) is 61.7 Å². The summed E-state index contributed by atoms with van der Waals surface area (Å²) in [6, 6.07) is 12.8. The molecule has 1 aliphatic heterocycles. The predicted octanol–water partition coefficient (Wildman–Crippen LogP) is 7.13. The van der Waals surface area contributed by atoms with Crippen LogP contribution >= 0.6 is 23.2 Å². The minimum Gasteiger partial charge on any atom is -0.493 e. The molecule has 0 spiro atoms. The van der Waals surface area contributed by atoms with Crippen LogP contribution in [-0.2, 0) is 19.7 Å². The number of hydrogen-bond acceptors (Lipinski definition) is 12. The quantitative estimate of drug-likeness (QED) is 0.103. The molecule has 0 aromatic heterocycles. The number of benzene rings is 4. The van der Waals surface area contributed by atoms with Gasteiger partial charge < -0.3 is 29.2 Å². The lowest BCUT2D eigenvalue weighted by molar-refractivity contribution is 0.346. The first-order chi connectivity index (χ1) is 25.9. The Hall–Kier alpha value is -4.15. The van der Waals surface area contributed by atoms with Crippen molar-refractivity contribution in [3.8, 4) is 23.0 Å². The molecular weight excluding hydrogens is 794 g/mol. The van der Waals surface area contributed by atoms with E-state index in [0.717, 1.165) is 24.6 Å². The molecule has 1 aliphatic rings. The Morgan fingerprint density at radius 3 is 1.53 bits per heavy atom. The molecule has 1 saturated heterocycles. The molecule has 17 heteroatoms. The number of rotatable bonds is 14. The summed E-state index contributed by atoms with van der Waals surface area (Å²) in [5.41, 5.74) is 1.58. The van der Waals surface area contributed by atoms with E-state index in [1.165, 1.54) is 45.6 Å². The summed E-state index contributed by atoms with van der Waals surface area (Å²) in [6.07, 6.45) is 2.10. The van der Waals surface area contributed by atoms with E-state index >= 15 is 4.39 Å². The molecule has 1 heterocycles. The van der Waals surface area contributed by atoms with Gasteiger partial charge in [-0.15, -0.1) is 0 Å². The van der Waals surface area contributed by atoms with Gasteiger partial charge in [-0.2, -0.15) is 0 Å². The summed E-state index contributed by atoms with van der Waals surface area (Å²) in [5, 5.41) is 7.03. The molecule has 2 unspecified atom stereocenters. The second-order valence-corrected chi connectivity index (χ2v) is 17.9. The van der Waals surface area contributed by atoms with Gasteiger partial charge in [-0.05, 0) is 56.3 Å². The van der Waals surface area contributed by atoms with Gasteiger partial charge in [-0.3, -0.25) is 10.0 Å². The zero-order chi connectivity index (χ0) is 40.4. The Kier molecular flexibility index (Phi) is 12.9. The fourth-order valence-electron chi connectivity index (χ4n) is 6.93. The molecular formula is C38H45Cl2FN4O8S2. The van der Waals surface area contributed by atoms with Crippen molar-refractivity contribution in [3.63, 3.8) is 0 Å². The molecule has 4 aromatic rings. The topological polar surface area (TPSA) is 127 Å². The summed E-state index contributed by atoms with van der Waals surface area (Å²) in [6.45, 7) is 6.17. The number of halogens is 3. The van der Waals surface area contributed by atoms with Gasteiger partial charge in [-0.1, -0.05) is 23.2 Å². The lowest BCUT2D eigenvalue weighted by atomic mass is 10.0. The van der Waals surface area contributed by atoms with Crippen molar-refractivity contribution in [3.05, 3.63) is 87.7 Å². The highest BCUT2D eigenvalue weighted by Gasteiger charge is 2.38. The van der Waals surface area contributed by atoms with E-state index < -0.39 is 37.6 Å². The number of methoxy groups -OCH3 is 4. The third-order valence-corrected chi connectivity index (χ3v) is 12.2. The molecule has 0 aliphatic carbocycles. The molecule has 4 aromatic carbocycles. The smallest absolute Gasteiger partial charge is 0.177 e. The SMILES string of the molecule is COc1cc(Cl)cc(C(C)N(c2cc(F)ccc2S(C)(=O)=O)N(c2cc(N3CCNCC3)ccc2S(C)(=O)=O)C(C)c2cc(Cl)cc(OC)c2OC)c1OC. The Morgan fingerprint density at radius 2 is 1.11 bits per heavy atom. The summed E-state index contributed by atoms with van der Waals surface area (Å²) in [7, 11) is -2.26. The van der Waals surface area contributed by atoms with E-state index in [1.54, 1.807) is 55.3 Å². The summed E-state index contributed by atoms with van der Waals surface area (Å²) >= 11 is 13.3. The molecule has 55 heavy (non-hydrogen) atoms. The third-order valence-electron chi connectivity index (χ3n) is 9.45. The van der Waals surface area contributed by atoms with Crippen LogP contribution in [0.5, 0.6) is 23.0 Å². The van der Waals surface area contributed by atoms with Crippen LogP contribution in [0.25, 0.3) is 0 Å². The first-order valence-corrected chi connectivity index (χ1v) is 21.7. The minimum absolute atomic E-state index is 0.0867. The Labute approximate surface area is 332 Å². The van der Waals surface area contributed by atoms with Crippen molar-refractivity contribution in [2.75, 3.05) is 82.0 Å². The molecule has 12 nitrogen and oxygen atoms in total. The van der Waals surface area contributed by atoms with Crippen LogP contribution in [0.3, 0.4) is 0 Å². The van der Waals surface area contributed by atoms with E-state index in [1.807, 2.05) is 0 Å². The number of nitrogens with zero attached hydrogens (tertiary/aromatic N) is 3. The molecule has 0 amide bonds. The van der Waals surface area contributed by atoms with E-state index in [0.29, 0.717) is 43.0 Å². The fraction of sp³-hybridized carbons (Fsp3) is 0.368. The maximum Gasteiger partial charge on any atom is 0.177 e. The Balaban J connectivity index is 2.01. The average molecular weight is 840 g/mol. The van der Waals surface area contributed by atoms with Gasteiger partial charge >= 0.3 is 0 Å². The first-order valence-electron chi connectivity index (χ1n) is 17.2. The highest BCUT2D eigenvalue weighted by Crippen LogP contribution is 2.49. The molecule has 5 rings (SSSR count). The van der Waals surface area contributed by atoms with E-state index in [4.69, 9.17) is 42.1 Å². The normalized spacial score (nSPS) is 14.6. The maximum atomic E-state index is 15.7. The van der Waals surface area contributed by atoms with Crippen LogP contribution in [0.15, 0.2) is 70.5 Å². The highest BCUT2D eigenvalue weighted by molar-refractivity contribution is 7.91. The number of hydrazine groups is 1. The van der Waals surface area contributed by atoms with E-state index in [9.17, 15) is 16.8 Å². The van der Waals surface area contributed by atoms with Gasteiger partial charge in [0.2, 0.25) is 0 Å². The molecule has 0 bridgehead atoms. The van der Waals surface area contributed by atoms with Crippen molar-refractivity contribution in [2.24, 2.45) is 0 Å². The molecule has 1 fully saturated rings. The lowest BCUT2D eigenvalue weighted by Gasteiger charge is -2.47. The number of sulfone groups is 2. The van der Waals surface area contributed by atoms with Gasteiger partial charge in [0.25, 0.3) is 0 Å². The Morgan fingerprint density at radius 1 is 0.673 bits per heavy atom. The highest BCUT2D eigenvalue weighted by atomic mass is 35.5. The monoisotopic (exact) mass is 838 g/mol. The second-order valence-electron chi connectivity index (χ2n) is 13.0. The second kappa shape index (κ2) is 16.9. The van der Waals surface area contributed by atoms with Crippen LogP contribution < -0.4 is 39.2 Å². The van der Waals surface area contributed by atoms with Crippen molar-refractivity contribution in [2.45, 2.75) is 35.7 Å². The standard InChI is InChI=1S/C38H45Cl2FN4O8S2/c1-23(29-17-25(39)19-33(50-3)37(29)52-5)44(31-21-27(41)9-11-35(31)54(7,46)47)45(24(2)30-18-26(40)20-34(51-4)38(30)53-6)32-22-28(43-15-13-42-14-16-43)10-12-36(32)55(8,48)49/h9-12,17-24,42H,13-16H2,1-8H3. The zero-order valence-electron chi connectivity index (χ0n) is 31.8. The van der Waals surface area contributed by atoms with Gasteiger partial charge in [-0.25, -0.2) is 21.2 Å². The number of hydrogen-bond donors (Lipinski definition) is 1. The summed E-state index contributed by atoms with van der Waals surface area (Å²) in [4.78, 5) is 1.79. The van der Waals surface area contributed by atoms with Crippen molar-refractivity contribution in [1.29, 1.82) is 0 Å². The first kappa shape index (κ1) is 42.0. The van der Waals surface area contributed by atoms with E-state index in [-0.39, 0.29) is 54.2 Å².